The number of carbonyl (C=O) groups excluding carboxylic acids is 2. The van der Waals surface area contributed by atoms with Gasteiger partial charge in [0.25, 0.3) is 0 Å². The number of amides is 3. The Hall–Kier alpha value is -2.48. The molecule has 0 spiro atoms. The molecule has 0 aromatic carbocycles. The summed E-state index contributed by atoms with van der Waals surface area (Å²) >= 11 is 0. The molecule has 1 aliphatic carbocycles. The average Bonchev–Trinajstić information content (AvgIpc) is 3.08. The molecule has 1 aromatic heterocycles. The molecule has 3 atom stereocenters. The van der Waals surface area contributed by atoms with Crippen LogP contribution in [0, 0.1) is 5.92 Å². The van der Waals surface area contributed by atoms with Gasteiger partial charge < -0.3 is 15.0 Å². The van der Waals surface area contributed by atoms with E-state index in [9.17, 15) is 9.59 Å². The van der Waals surface area contributed by atoms with Crippen LogP contribution in [-0.4, -0.2) is 58.1 Å². The van der Waals surface area contributed by atoms with E-state index in [4.69, 9.17) is 4.74 Å². The van der Waals surface area contributed by atoms with Gasteiger partial charge in [-0.25, -0.2) is 9.78 Å². The van der Waals surface area contributed by atoms with Crippen LogP contribution in [0.3, 0.4) is 0 Å². The maximum atomic E-state index is 12.4. The lowest BCUT2D eigenvalue weighted by Crippen LogP contribution is -2.54. The summed E-state index contributed by atoms with van der Waals surface area (Å²) in [5.74, 6) is 0.982. The standard InChI is InChI=1S/C20H29N5O3/c1-15-6-7-20(2,28-12-4-11-25-10-3-5-18(25)26)16(13-15)23-19(27)24-17-14-21-8-9-22-17/h6-9,14-16H,3-5,10-13H2,1-2H3,(H2,22,23,24,27)/t15?,16?,20-/m0/s1. The normalized spacial score (nSPS) is 27.1. The minimum atomic E-state index is -0.596. The Kier molecular flexibility index (Phi) is 6.61. The molecule has 2 heterocycles. The third-order valence-corrected chi connectivity index (χ3v) is 5.32. The average molecular weight is 387 g/mol. The molecule has 0 bridgehead atoms. The van der Waals surface area contributed by atoms with Crippen LogP contribution in [0.4, 0.5) is 10.6 Å². The number of urea groups is 1. The second-order valence-electron chi connectivity index (χ2n) is 7.68. The maximum absolute atomic E-state index is 12.4. The molecule has 8 heteroatoms. The van der Waals surface area contributed by atoms with E-state index in [0.717, 1.165) is 32.4 Å². The van der Waals surface area contributed by atoms with Crippen molar-refractivity contribution in [2.45, 2.75) is 51.2 Å². The second-order valence-corrected chi connectivity index (χ2v) is 7.68. The van der Waals surface area contributed by atoms with Gasteiger partial charge in [-0.15, -0.1) is 0 Å². The zero-order valence-corrected chi connectivity index (χ0v) is 16.6. The fourth-order valence-electron chi connectivity index (χ4n) is 3.67. The molecule has 0 radical (unpaired) electrons. The van der Waals surface area contributed by atoms with Crippen LogP contribution >= 0.6 is 0 Å². The van der Waals surface area contributed by atoms with Gasteiger partial charge in [-0.2, -0.15) is 0 Å². The van der Waals surface area contributed by atoms with Crippen molar-refractivity contribution in [2.75, 3.05) is 25.0 Å². The van der Waals surface area contributed by atoms with Crippen molar-refractivity contribution >= 4 is 17.8 Å². The topological polar surface area (TPSA) is 96.5 Å². The van der Waals surface area contributed by atoms with Crippen molar-refractivity contribution < 1.29 is 14.3 Å². The molecular formula is C20H29N5O3. The van der Waals surface area contributed by atoms with Gasteiger partial charge in [0.1, 0.15) is 5.60 Å². The number of allylic oxidation sites excluding steroid dienone is 1. The van der Waals surface area contributed by atoms with E-state index in [2.05, 4.69) is 33.6 Å². The van der Waals surface area contributed by atoms with Gasteiger partial charge in [-0.1, -0.05) is 19.1 Å². The largest absolute Gasteiger partial charge is 0.369 e. The molecule has 3 rings (SSSR count). The van der Waals surface area contributed by atoms with Crippen LogP contribution < -0.4 is 10.6 Å². The number of ether oxygens (including phenoxy) is 1. The summed E-state index contributed by atoms with van der Waals surface area (Å²) in [5.41, 5.74) is -0.596. The van der Waals surface area contributed by atoms with E-state index < -0.39 is 5.60 Å². The van der Waals surface area contributed by atoms with E-state index in [1.165, 1.54) is 12.4 Å². The lowest BCUT2D eigenvalue weighted by atomic mass is 9.82. The molecule has 2 N–H and O–H groups in total. The number of nitrogens with one attached hydrogen (secondary N) is 2. The Bertz CT molecular complexity index is 711. The number of likely N-dealkylation sites (tertiary alicyclic amines) is 1. The van der Waals surface area contributed by atoms with Crippen molar-refractivity contribution in [2.24, 2.45) is 5.92 Å². The smallest absolute Gasteiger partial charge is 0.320 e. The number of nitrogens with zero attached hydrogens (tertiary/aromatic N) is 3. The SMILES string of the molecule is CC1C=C[C@](C)(OCCCN2CCCC2=O)C(NC(=O)Nc2cnccn2)C1. The number of anilines is 1. The van der Waals surface area contributed by atoms with E-state index in [-0.39, 0.29) is 18.0 Å². The predicted molar refractivity (Wildman–Crippen MR) is 106 cm³/mol. The molecule has 152 valence electrons. The third kappa shape index (κ3) is 5.28. The van der Waals surface area contributed by atoms with Gasteiger partial charge in [0.05, 0.1) is 12.2 Å². The maximum Gasteiger partial charge on any atom is 0.320 e. The van der Waals surface area contributed by atoms with E-state index >= 15 is 0 Å². The monoisotopic (exact) mass is 387 g/mol. The van der Waals surface area contributed by atoms with Crippen molar-refractivity contribution in [1.82, 2.24) is 20.2 Å². The van der Waals surface area contributed by atoms with E-state index in [1.54, 1.807) is 6.20 Å². The van der Waals surface area contributed by atoms with Gasteiger partial charge in [0, 0.05) is 38.5 Å². The number of rotatable bonds is 7. The molecule has 2 unspecified atom stereocenters. The Labute approximate surface area is 165 Å². The van der Waals surface area contributed by atoms with Crippen LogP contribution in [0.5, 0.6) is 0 Å². The van der Waals surface area contributed by atoms with Crippen molar-refractivity contribution in [3.05, 3.63) is 30.7 Å². The summed E-state index contributed by atoms with van der Waals surface area (Å²) in [4.78, 5) is 34.0. The Morgan fingerprint density at radius 3 is 3.00 bits per heavy atom. The molecule has 2 aliphatic rings. The lowest BCUT2D eigenvalue weighted by molar-refractivity contribution is -0.128. The Morgan fingerprint density at radius 1 is 1.43 bits per heavy atom. The van der Waals surface area contributed by atoms with Gasteiger partial charge >= 0.3 is 6.03 Å². The highest BCUT2D eigenvalue weighted by molar-refractivity contribution is 5.88. The van der Waals surface area contributed by atoms with E-state index in [0.29, 0.717) is 24.8 Å². The van der Waals surface area contributed by atoms with Crippen molar-refractivity contribution in [3.63, 3.8) is 0 Å². The minimum Gasteiger partial charge on any atom is -0.369 e. The number of hydrogen-bond donors (Lipinski definition) is 2. The molecular weight excluding hydrogens is 358 g/mol. The minimum absolute atomic E-state index is 0.169. The molecule has 1 aromatic rings. The zero-order chi connectivity index (χ0) is 20.0. The quantitative estimate of drug-likeness (QED) is 0.553. The zero-order valence-electron chi connectivity index (χ0n) is 16.6. The third-order valence-electron chi connectivity index (χ3n) is 5.32. The first-order chi connectivity index (χ1) is 13.5. The predicted octanol–water partition coefficient (Wildman–Crippen LogP) is 2.35. The van der Waals surface area contributed by atoms with E-state index in [1.807, 2.05) is 17.9 Å². The van der Waals surface area contributed by atoms with Gasteiger partial charge in [-0.05, 0) is 32.1 Å². The molecule has 28 heavy (non-hydrogen) atoms. The highest BCUT2D eigenvalue weighted by atomic mass is 16.5. The van der Waals surface area contributed by atoms with Crippen molar-refractivity contribution in [1.29, 1.82) is 0 Å². The van der Waals surface area contributed by atoms with Crippen LogP contribution in [0.2, 0.25) is 0 Å². The second kappa shape index (κ2) is 9.14. The summed E-state index contributed by atoms with van der Waals surface area (Å²) in [5, 5.41) is 5.72. The molecule has 1 aliphatic heterocycles. The number of aromatic nitrogens is 2. The van der Waals surface area contributed by atoms with Crippen LogP contribution in [0.1, 0.15) is 39.5 Å². The summed E-state index contributed by atoms with van der Waals surface area (Å²) in [6, 6.07) is -0.497. The van der Waals surface area contributed by atoms with Crippen LogP contribution in [0.25, 0.3) is 0 Å². The summed E-state index contributed by atoms with van der Waals surface area (Å²) in [6.07, 6.45) is 11.9. The molecule has 0 saturated carbocycles. The van der Waals surface area contributed by atoms with Crippen molar-refractivity contribution in [3.8, 4) is 0 Å². The van der Waals surface area contributed by atoms with Crippen LogP contribution in [-0.2, 0) is 9.53 Å². The number of carbonyl (C=O) groups is 2. The molecule has 8 nitrogen and oxygen atoms in total. The highest BCUT2D eigenvalue weighted by Crippen LogP contribution is 2.29. The number of hydrogen-bond acceptors (Lipinski definition) is 5. The summed E-state index contributed by atoms with van der Waals surface area (Å²) in [6.45, 7) is 6.21. The molecule has 1 saturated heterocycles. The fourth-order valence-corrected chi connectivity index (χ4v) is 3.67. The first kappa shape index (κ1) is 20.3. The first-order valence-corrected chi connectivity index (χ1v) is 9.91. The van der Waals surface area contributed by atoms with Gasteiger partial charge in [0.2, 0.25) is 5.91 Å². The highest BCUT2D eigenvalue weighted by Gasteiger charge is 2.37. The molecule has 3 amide bonds. The fraction of sp³-hybridized carbons (Fsp3) is 0.600. The van der Waals surface area contributed by atoms with Crippen LogP contribution in [0.15, 0.2) is 30.7 Å². The van der Waals surface area contributed by atoms with Gasteiger partial charge in [0.15, 0.2) is 5.82 Å². The Morgan fingerprint density at radius 2 is 2.29 bits per heavy atom. The summed E-state index contributed by atoms with van der Waals surface area (Å²) in [7, 11) is 0. The van der Waals surface area contributed by atoms with Gasteiger partial charge in [-0.3, -0.25) is 15.1 Å². The Balaban J connectivity index is 1.53. The first-order valence-electron chi connectivity index (χ1n) is 9.91. The molecule has 1 fully saturated rings. The lowest BCUT2D eigenvalue weighted by Gasteiger charge is -2.40. The summed E-state index contributed by atoms with van der Waals surface area (Å²) < 4.78 is 6.18.